The van der Waals surface area contributed by atoms with E-state index >= 15 is 0 Å². The van der Waals surface area contributed by atoms with Gasteiger partial charge in [0, 0.05) is 33.3 Å². The molecule has 8 aromatic carbocycles. The monoisotopic (exact) mass is 1390 g/mol. The number of aromatic nitrogens is 6. The zero-order chi connectivity index (χ0) is 69.5. The normalized spacial score (nSPS) is 12.7. The van der Waals surface area contributed by atoms with Gasteiger partial charge >= 0.3 is 13.7 Å². The molecule has 2 atom stereocenters. The molecular weight excluding hydrogens is 1320 g/mol. The Bertz CT molecular complexity index is 4650. The van der Waals surface area contributed by atoms with Crippen LogP contribution in [0.4, 0.5) is 0 Å². The molecule has 4 aromatic heterocycles. The molecule has 16 heteroatoms. The lowest BCUT2D eigenvalue weighted by molar-refractivity contribution is 0.249. The first-order valence-electron chi connectivity index (χ1n) is 35.2. The van der Waals surface area contributed by atoms with Gasteiger partial charge in [-0.1, -0.05) is 319 Å². The van der Waals surface area contributed by atoms with Crippen LogP contribution < -0.4 is 42.0 Å². The molecule has 0 spiro atoms. The molecule has 4 heterocycles. The molecule has 502 valence electrons. The van der Waals surface area contributed by atoms with E-state index in [1.165, 1.54) is 64.2 Å². The van der Waals surface area contributed by atoms with Gasteiger partial charge in [-0.2, -0.15) is 10.5 Å². The summed E-state index contributed by atoms with van der Waals surface area (Å²) in [5.74, 6) is 1.88. The Morgan fingerprint density at radius 1 is 0.420 bits per heavy atom. The van der Waals surface area contributed by atoms with Crippen molar-refractivity contribution in [3.05, 3.63) is 249 Å². The summed E-state index contributed by atoms with van der Waals surface area (Å²) in [7, 11) is 0. The Morgan fingerprint density at radius 3 is 1.09 bits per heavy atom. The van der Waals surface area contributed by atoms with E-state index in [2.05, 4.69) is 122 Å². The summed E-state index contributed by atoms with van der Waals surface area (Å²) in [4.78, 5) is 20.7. The van der Waals surface area contributed by atoms with E-state index in [1.54, 1.807) is 36.7 Å². The van der Waals surface area contributed by atoms with E-state index < -0.39 is 13.7 Å². The molecular formula is C84H80B2Cl4N8O2. The van der Waals surface area contributed by atoms with Crippen molar-refractivity contribution in [3.8, 4) is 46.2 Å². The van der Waals surface area contributed by atoms with Gasteiger partial charge < -0.3 is 18.4 Å². The lowest BCUT2D eigenvalue weighted by Gasteiger charge is -2.24. The van der Waals surface area contributed by atoms with Crippen molar-refractivity contribution in [2.75, 3.05) is 13.2 Å². The van der Waals surface area contributed by atoms with E-state index in [9.17, 15) is 10.5 Å². The number of hydrogen-bond donors (Lipinski definition) is 0. The standard InChI is InChI=1S/C84H80B2Cl4N8O2/c1-5-7-9-11-13-19-31-57(3)55-99-65-43-29-33-59(45-65)81-79-80(84(68(52-92)78-54-94-74-48-70(88)72(90)50-76(74)96-78)97(81)85(61-35-21-15-22-36-61)62-37-23-16-24-38-62)82(60-34-30-44-66(46-60)100-56-58(4)32-20-14-12-10-8-6-2)98(86(63-39-25-17-26-40-63)64-41-27-18-28-42-64)83(79)67(51-91)77-53-93-73-47-69(87)71(89)49-75(73)95-77/h15-18,21-30,33-50,53-54,57-58H,5-14,19-20,31-32,55-56H2,1-4H3/b83-67-,84-68-. The number of unbranched alkanes of at least 4 members (excludes halogenated alkanes) is 10. The number of fused-ring (bicyclic) bond motifs is 3. The number of halogens is 4. The van der Waals surface area contributed by atoms with E-state index in [0.717, 1.165) is 58.7 Å². The fourth-order valence-electron chi connectivity index (χ4n) is 13.9. The Labute approximate surface area is 608 Å². The van der Waals surface area contributed by atoms with Crippen LogP contribution in [0.2, 0.25) is 20.1 Å². The maximum atomic E-state index is 12.7. The first-order valence-corrected chi connectivity index (χ1v) is 36.7. The zero-order valence-electron chi connectivity index (χ0n) is 57.2. The average molecular weight is 1400 g/mol. The number of benzene rings is 8. The number of nitrogens with zero attached hydrogens (tertiary/aromatic N) is 8. The summed E-state index contributed by atoms with van der Waals surface area (Å²) in [6, 6.07) is 70.2. The van der Waals surface area contributed by atoms with Gasteiger partial charge in [-0.15, -0.1) is 0 Å². The highest BCUT2D eigenvalue weighted by Crippen LogP contribution is 2.39. The first-order chi connectivity index (χ1) is 49.0. The van der Waals surface area contributed by atoms with Gasteiger partial charge in [0.05, 0.1) is 78.5 Å². The van der Waals surface area contributed by atoms with Gasteiger partial charge in [0.15, 0.2) is 0 Å². The van der Waals surface area contributed by atoms with Crippen molar-refractivity contribution in [2.24, 2.45) is 11.8 Å². The van der Waals surface area contributed by atoms with Gasteiger partial charge in [-0.3, -0.25) is 9.97 Å². The molecule has 12 aromatic rings. The number of rotatable bonds is 30. The molecule has 0 radical (unpaired) electrons. The van der Waals surface area contributed by atoms with E-state index in [1.807, 2.05) is 97.1 Å². The summed E-state index contributed by atoms with van der Waals surface area (Å²) in [6.07, 6.45) is 19.9. The topological polar surface area (TPSA) is 127 Å². The highest BCUT2D eigenvalue weighted by molar-refractivity contribution is 6.85. The minimum atomic E-state index is -0.666. The fraction of sp³-hybridized carbons (Fsp3) is 0.262. The first kappa shape index (κ1) is 70.7. The van der Waals surface area contributed by atoms with Crippen LogP contribution >= 0.6 is 46.4 Å². The highest BCUT2D eigenvalue weighted by atomic mass is 35.5. The van der Waals surface area contributed by atoms with Crippen LogP contribution in [-0.4, -0.2) is 55.8 Å². The molecule has 10 nitrogen and oxygen atoms in total. The summed E-state index contributed by atoms with van der Waals surface area (Å²) < 4.78 is 18.5. The number of ether oxygens (including phenoxy) is 2. The smallest absolute Gasteiger partial charge is 0.328 e. The summed E-state index contributed by atoms with van der Waals surface area (Å²) in [5, 5.41) is 28.8. The fourth-order valence-corrected chi connectivity index (χ4v) is 14.5. The number of hydrogen-bond acceptors (Lipinski definition) is 8. The lowest BCUT2D eigenvalue weighted by atomic mass is 9.50. The third-order valence-corrected chi connectivity index (χ3v) is 20.3. The predicted octanol–water partition coefficient (Wildman–Crippen LogP) is 18.6. The van der Waals surface area contributed by atoms with Crippen LogP contribution in [0, 0.1) is 34.5 Å². The van der Waals surface area contributed by atoms with E-state index in [4.69, 9.17) is 75.8 Å². The molecule has 0 aliphatic carbocycles. The Balaban J connectivity index is 1.29. The molecule has 0 saturated heterocycles. The third-order valence-electron chi connectivity index (χ3n) is 18.9. The molecule has 0 saturated carbocycles. The summed E-state index contributed by atoms with van der Waals surface area (Å²) in [6.45, 7) is 8.70. The Hall–Kier alpha value is -9.13. The minimum Gasteiger partial charge on any atom is -0.493 e. The van der Waals surface area contributed by atoms with Crippen molar-refractivity contribution in [3.63, 3.8) is 0 Å². The Kier molecular flexibility index (Phi) is 23.9. The minimum absolute atomic E-state index is 0.192. The second kappa shape index (κ2) is 33.8. The second-order valence-electron chi connectivity index (χ2n) is 26.3. The van der Waals surface area contributed by atoms with Crippen molar-refractivity contribution < 1.29 is 9.47 Å². The van der Waals surface area contributed by atoms with Crippen LogP contribution in [-0.2, 0) is 0 Å². The van der Waals surface area contributed by atoms with Crippen LogP contribution in [0.25, 0.3) is 66.5 Å². The number of nitriles is 2. The molecule has 0 N–H and O–H groups in total. The molecule has 0 aliphatic rings. The van der Waals surface area contributed by atoms with Gasteiger partial charge in [0.25, 0.3) is 0 Å². The van der Waals surface area contributed by atoms with Crippen LogP contribution in [0.3, 0.4) is 0 Å². The molecule has 0 bridgehead atoms. The third kappa shape index (κ3) is 16.0. The molecule has 100 heavy (non-hydrogen) atoms. The highest BCUT2D eigenvalue weighted by Gasteiger charge is 2.38. The van der Waals surface area contributed by atoms with Crippen LogP contribution in [0.15, 0.2) is 207 Å². The van der Waals surface area contributed by atoms with Gasteiger partial charge in [-0.25, -0.2) is 9.97 Å². The van der Waals surface area contributed by atoms with Gasteiger partial charge in [-0.05, 0) is 73.2 Å². The maximum Gasteiger partial charge on any atom is 0.328 e. The van der Waals surface area contributed by atoms with Gasteiger partial charge in [0.2, 0.25) is 0 Å². The van der Waals surface area contributed by atoms with Crippen molar-refractivity contribution in [2.45, 2.75) is 118 Å². The molecule has 12 rings (SSSR count). The SMILES string of the molecule is CCCCCCCCC(C)COc1cccc(-c2c3/c(=C(\C#N)c4cnc5cc(Cl)c(Cl)cc5n4)n(B(c4ccccc4)c4ccccc4)c(-c4cccc(OCC(C)CCCCCCCC)c4)c3/c(=C(\C#N)c3cnc4cc(Cl)c(Cl)cc4n3)n2B(c2ccccc2)c2ccccc2)c1. The second-order valence-corrected chi connectivity index (χ2v) is 28.0. The zero-order valence-corrected chi connectivity index (χ0v) is 60.2. The van der Waals surface area contributed by atoms with Gasteiger partial charge in [0.1, 0.15) is 46.2 Å². The van der Waals surface area contributed by atoms with Crippen molar-refractivity contribution in [1.29, 1.82) is 10.5 Å². The Morgan fingerprint density at radius 2 is 0.750 bits per heavy atom. The summed E-state index contributed by atoms with van der Waals surface area (Å²) in [5.41, 5.74) is 9.31. The maximum absolute atomic E-state index is 12.7. The molecule has 0 fully saturated rings. The van der Waals surface area contributed by atoms with E-state index in [0.29, 0.717) is 89.7 Å². The quantitative estimate of drug-likeness (QED) is 0.0322. The van der Waals surface area contributed by atoms with Crippen molar-refractivity contribution in [1.82, 2.24) is 28.9 Å². The van der Waals surface area contributed by atoms with E-state index in [-0.39, 0.29) is 44.4 Å². The van der Waals surface area contributed by atoms with Crippen LogP contribution in [0.5, 0.6) is 11.5 Å². The largest absolute Gasteiger partial charge is 0.493 e. The summed E-state index contributed by atoms with van der Waals surface area (Å²) >= 11 is 27.1. The molecule has 0 aliphatic heterocycles. The van der Waals surface area contributed by atoms with Crippen molar-refractivity contribution >= 4 is 126 Å². The van der Waals surface area contributed by atoms with Crippen LogP contribution in [0.1, 0.15) is 129 Å². The predicted molar refractivity (Wildman–Crippen MR) is 417 cm³/mol. The molecule has 2 unspecified atom stereocenters. The average Bonchev–Trinajstić information content (AvgIpc) is 1.52. The molecule has 0 amide bonds. The lowest BCUT2D eigenvalue weighted by Crippen LogP contribution is -2.54.